The molecule has 0 radical (unpaired) electrons. The van der Waals surface area contributed by atoms with E-state index >= 15 is 0 Å². The molecule has 19 heteroatoms. The molecule has 2 aromatic heterocycles. The first-order chi connectivity index (χ1) is 32.6. The number of halogens is 3. The number of rotatable bonds is 9. The predicted molar refractivity (Wildman–Crippen MR) is 261 cm³/mol. The summed E-state index contributed by atoms with van der Waals surface area (Å²) in [5, 5.41) is 12.2. The van der Waals surface area contributed by atoms with Crippen LogP contribution in [0.2, 0.25) is 10.2 Å². The summed E-state index contributed by atoms with van der Waals surface area (Å²) in [7, 11) is 1.68. The van der Waals surface area contributed by atoms with Gasteiger partial charge in [-0.1, -0.05) is 50.0 Å². The molecule has 16 nitrogen and oxygen atoms in total. The molecule has 3 atom stereocenters. The average Bonchev–Trinajstić information content (AvgIpc) is 3.82. The zero-order chi connectivity index (χ0) is 48.8. The van der Waals surface area contributed by atoms with Crippen LogP contribution in [-0.4, -0.2) is 118 Å². The molecular weight excluding hydrogens is 915 g/mol. The van der Waals surface area contributed by atoms with Crippen LogP contribution in [0.3, 0.4) is 0 Å². The highest BCUT2D eigenvalue weighted by atomic mass is 35.5. The van der Waals surface area contributed by atoms with E-state index in [4.69, 9.17) is 23.2 Å². The Labute approximate surface area is 406 Å². The second kappa shape index (κ2) is 21.9. The zero-order valence-corrected chi connectivity index (χ0v) is 40.8. The number of imidazole rings is 1. The minimum atomic E-state index is -0.680. The number of likely N-dealkylation sites (tertiary alicyclic amines) is 1. The van der Waals surface area contributed by atoms with E-state index in [0.29, 0.717) is 53.9 Å². The van der Waals surface area contributed by atoms with E-state index in [9.17, 15) is 33.2 Å². The van der Waals surface area contributed by atoms with Crippen molar-refractivity contribution < 1.29 is 28.4 Å². The quantitative estimate of drug-likeness (QED) is 0.0934. The highest BCUT2D eigenvalue weighted by molar-refractivity contribution is 6.31. The minimum Gasteiger partial charge on any atom is -0.368 e. The minimum absolute atomic E-state index is 0.126. The van der Waals surface area contributed by atoms with Crippen molar-refractivity contribution in [2.24, 2.45) is 18.4 Å². The molecule has 9 rings (SSSR count). The monoisotopic (exact) mass is 976 g/mol. The Hall–Kier alpha value is -5.36. The van der Waals surface area contributed by atoms with E-state index in [1.165, 1.54) is 15.3 Å². The number of hydrogen-bond donors (Lipinski definition) is 4. The second-order valence-corrected chi connectivity index (χ2v) is 20.1. The van der Waals surface area contributed by atoms with E-state index in [1.54, 1.807) is 36.2 Å². The number of piperidine rings is 2. The first-order valence-electron chi connectivity index (χ1n) is 23.6. The number of hydrogen-bond acceptors (Lipinski definition) is 10. The first-order valence-corrected chi connectivity index (χ1v) is 24.3. The number of imide groups is 1. The normalized spacial score (nSPS) is 22.7. The molecule has 1 spiro atoms. The number of nitrogens with zero attached hydrogens (tertiary/aromatic N) is 6. The Kier molecular flexibility index (Phi) is 16.3. The fourth-order valence-electron chi connectivity index (χ4n) is 10.4. The molecule has 2 aromatic carbocycles. The average molecular weight is 978 g/mol. The van der Waals surface area contributed by atoms with Crippen LogP contribution < -0.4 is 31.9 Å². The van der Waals surface area contributed by atoms with Gasteiger partial charge in [0.25, 0.3) is 0 Å². The number of aryl methyl sites for hydroxylation is 1. The molecule has 5 fully saturated rings. The van der Waals surface area contributed by atoms with Crippen LogP contribution in [0.5, 0.6) is 0 Å². The van der Waals surface area contributed by atoms with Gasteiger partial charge in [0.05, 0.1) is 17.0 Å². The van der Waals surface area contributed by atoms with Crippen LogP contribution in [0.4, 0.5) is 15.8 Å². The lowest BCUT2D eigenvalue weighted by Gasteiger charge is -2.45. The number of aromatic nitrogens is 3. The molecule has 366 valence electrons. The van der Waals surface area contributed by atoms with E-state index in [0.717, 1.165) is 95.3 Å². The number of nitrogens with one attached hydrogen (secondary N) is 4. The summed E-state index contributed by atoms with van der Waals surface area (Å²) in [6.07, 6.45) is 9.67. The molecule has 4 saturated heterocycles. The largest absolute Gasteiger partial charge is 0.368 e. The highest BCUT2D eigenvalue weighted by Gasteiger charge is 2.55. The number of amides is 5. The Morgan fingerprint density at radius 3 is 2.29 bits per heavy atom. The number of pyridine rings is 1. The van der Waals surface area contributed by atoms with Crippen molar-refractivity contribution in [3.05, 3.63) is 86.8 Å². The van der Waals surface area contributed by atoms with Gasteiger partial charge in [-0.25, -0.2) is 14.2 Å². The van der Waals surface area contributed by atoms with Crippen LogP contribution in [0.25, 0.3) is 11.0 Å². The molecule has 1 saturated carbocycles. The van der Waals surface area contributed by atoms with Crippen molar-refractivity contribution in [3.63, 3.8) is 0 Å². The van der Waals surface area contributed by atoms with Crippen molar-refractivity contribution in [2.75, 3.05) is 62.6 Å². The third kappa shape index (κ3) is 11.4. The molecule has 3 unspecified atom stereocenters. The fourth-order valence-corrected chi connectivity index (χ4v) is 10.7. The Morgan fingerprint density at radius 1 is 0.926 bits per heavy atom. The summed E-state index contributed by atoms with van der Waals surface area (Å²) in [6, 6.07) is 14.2. The van der Waals surface area contributed by atoms with Crippen molar-refractivity contribution in [2.45, 2.75) is 95.7 Å². The molecule has 5 amide bonds. The van der Waals surface area contributed by atoms with E-state index in [2.05, 4.69) is 56.8 Å². The van der Waals surface area contributed by atoms with Crippen LogP contribution in [0.15, 0.2) is 59.5 Å². The van der Waals surface area contributed by atoms with Crippen LogP contribution in [0.1, 0.15) is 89.7 Å². The topological polar surface area (TPSA) is 183 Å². The number of piperazine rings is 1. The Bertz CT molecular complexity index is 2530. The lowest BCUT2D eigenvalue weighted by Crippen LogP contribution is -2.52. The van der Waals surface area contributed by atoms with Crippen molar-refractivity contribution in [1.82, 2.24) is 39.9 Å². The van der Waals surface area contributed by atoms with Gasteiger partial charge >= 0.3 is 5.69 Å². The maximum atomic E-state index is 14.9. The lowest BCUT2D eigenvalue weighted by molar-refractivity contribution is -0.135. The summed E-state index contributed by atoms with van der Waals surface area (Å²) >= 11 is 12.0. The maximum Gasteiger partial charge on any atom is 0.329 e. The molecule has 4 aromatic rings. The number of carbonyl (C=O) groups excluding carboxylic acids is 5. The van der Waals surface area contributed by atoms with Gasteiger partial charge in [-0.3, -0.25) is 38.4 Å². The van der Waals surface area contributed by atoms with Gasteiger partial charge < -0.3 is 30.7 Å². The van der Waals surface area contributed by atoms with E-state index < -0.39 is 23.7 Å². The smallest absolute Gasteiger partial charge is 0.329 e. The molecule has 5 aliphatic rings. The van der Waals surface area contributed by atoms with Gasteiger partial charge in [0.2, 0.25) is 30.5 Å². The number of carbonyl (C=O) groups is 5. The molecular formula is C49H63Cl2FN10O6. The third-order valence-corrected chi connectivity index (χ3v) is 15.1. The van der Waals surface area contributed by atoms with Crippen LogP contribution in [0, 0.1) is 17.2 Å². The summed E-state index contributed by atoms with van der Waals surface area (Å²) in [6.45, 7) is 13.4. The van der Waals surface area contributed by atoms with Gasteiger partial charge in [-0.05, 0) is 105 Å². The van der Waals surface area contributed by atoms with Crippen LogP contribution >= 0.6 is 23.2 Å². The number of fused-ring (bicyclic) bond motifs is 1. The SMILES string of the molecule is CC1(C)CCC2(CC1)NCC(c1ccnc(Cl)c1F)C2C(=O)Nc1cccc(Cl)c1.CCN1CCC(NC=O)CC1.Cn1c(=O)n(C2CCC(=O)NC2=O)c2ccc(N3CCN(C=O)CC3)cc21. The Morgan fingerprint density at radius 2 is 1.65 bits per heavy atom. The molecule has 0 bridgehead atoms. The summed E-state index contributed by atoms with van der Waals surface area (Å²) < 4.78 is 17.9. The number of anilines is 2. The standard InChI is InChI=1S/C23H26Cl2FN3O.C18H21N5O4.C8H16N2O/c1-22(2)7-9-23(10-8-22)18(21(30)29-15-5-3-4-14(24)12-15)17(13-28-23)16-6-11-27-20(25)19(16)26;1-20-15-10-12(22-8-6-21(11-24)7-9-22)2-3-13(15)23(18(20)27)14-4-5-16(25)19-17(14)26;1-2-10-5-3-8(4-6-10)9-7-11/h3-6,11-12,17-18,28H,7-10,13H2,1-2H3,(H,29,30);2-3,10-11,14H,4-9H2,1H3,(H,19,25,26);7-8H,2-6H2,1H3,(H,9,11). The van der Waals surface area contributed by atoms with Crippen molar-refractivity contribution in [3.8, 4) is 0 Å². The van der Waals surface area contributed by atoms with Crippen LogP contribution in [-0.2, 0) is 31.0 Å². The highest BCUT2D eigenvalue weighted by Crippen LogP contribution is 2.51. The first kappa shape index (κ1) is 50.5. The van der Waals surface area contributed by atoms with Crippen molar-refractivity contribution >= 4 is 76.2 Å². The molecule has 6 heterocycles. The second-order valence-electron chi connectivity index (χ2n) is 19.3. The van der Waals surface area contributed by atoms with E-state index in [1.807, 2.05) is 24.3 Å². The predicted octanol–water partition coefficient (Wildman–Crippen LogP) is 5.62. The summed E-state index contributed by atoms with van der Waals surface area (Å²) in [4.78, 5) is 81.1. The molecule has 4 aliphatic heterocycles. The fraction of sp³-hybridized carbons (Fsp3) is 0.531. The molecule has 4 N–H and O–H groups in total. The molecule has 1 aliphatic carbocycles. The van der Waals surface area contributed by atoms with Gasteiger partial charge in [-0.15, -0.1) is 0 Å². The zero-order valence-electron chi connectivity index (χ0n) is 39.2. The Balaban J connectivity index is 0.000000166. The van der Waals surface area contributed by atoms with Gasteiger partial charge in [0, 0.05) is 99.4 Å². The van der Waals surface area contributed by atoms with Gasteiger partial charge in [-0.2, -0.15) is 0 Å². The van der Waals surface area contributed by atoms with Gasteiger partial charge in [0.15, 0.2) is 11.0 Å². The van der Waals surface area contributed by atoms with Crippen molar-refractivity contribution in [1.29, 1.82) is 0 Å². The van der Waals surface area contributed by atoms with Gasteiger partial charge in [0.1, 0.15) is 6.04 Å². The van der Waals surface area contributed by atoms with E-state index in [-0.39, 0.29) is 45.9 Å². The summed E-state index contributed by atoms with van der Waals surface area (Å²) in [5.74, 6) is -2.17. The maximum absolute atomic E-state index is 14.9. The summed E-state index contributed by atoms with van der Waals surface area (Å²) in [5.41, 5.74) is 3.06. The number of benzene rings is 2. The third-order valence-electron chi connectivity index (χ3n) is 14.6. The lowest BCUT2D eigenvalue weighted by atomic mass is 9.63. The molecule has 68 heavy (non-hydrogen) atoms.